The van der Waals surface area contributed by atoms with E-state index in [1.54, 1.807) is 0 Å². The minimum absolute atomic E-state index is 0.389. The maximum atomic E-state index is 11.7. The highest BCUT2D eigenvalue weighted by atomic mass is 79.9. The first-order valence-electron chi connectivity index (χ1n) is 6.36. The lowest BCUT2D eigenvalue weighted by Crippen LogP contribution is -2.22. The highest BCUT2D eigenvalue weighted by Crippen LogP contribution is 2.32. The summed E-state index contributed by atoms with van der Waals surface area (Å²) in [4.78, 5) is 11.7. The van der Waals surface area contributed by atoms with Crippen LogP contribution in [0.2, 0.25) is 0 Å². The van der Waals surface area contributed by atoms with E-state index in [1.807, 2.05) is 0 Å². The van der Waals surface area contributed by atoms with Gasteiger partial charge in [0.25, 0.3) is 0 Å². The standard InChI is InChI=1S/C13H23BrO/c1-2-3-4-11-5-7-12(8-6-11)13(15)9-10-14/h11-12H,2-10H2,1H3. The lowest BCUT2D eigenvalue weighted by atomic mass is 9.78. The van der Waals surface area contributed by atoms with Gasteiger partial charge in [-0.15, -0.1) is 0 Å². The van der Waals surface area contributed by atoms with Gasteiger partial charge in [0.1, 0.15) is 5.78 Å². The Kier molecular flexibility index (Phi) is 6.54. The number of hydrogen-bond acceptors (Lipinski definition) is 1. The molecule has 0 heterocycles. The zero-order valence-electron chi connectivity index (χ0n) is 9.80. The fourth-order valence-corrected chi connectivity index (χ4v) is 2.95. The van der Waals surface area contributed by atoms with Crippen LogP contribution >= 0.6 is 15.9 Å². The number of alkyl halides is 1. The Bertz CT molecular complexity index is 183. The first kappa shape index (κ1) is 13.2. The second kappa shape index (κ2) is 7.43. The number of hydrogen-bond donors (Lipinski definition) is 0. The van der Waals surface area contributed by atoms with Gasteiger partial charge in [-0.1, -0.05) is 42.1 Å². The molecular weight excluding hydrogens is 252 g/mol. The van der Waals surface area contributed by atoms with Crippen LogP contribution < -0.4 is 0 Å². The van der Waals surface area contributed by atoms with Crippen molar-refractivity contribution in [2.24, 2.45) is 11.8 Å². The zero-order valence-corrected chi connectivity index (χ0v) is 11.4. The van der Waals surface area contributed by atoms with Crippen LogP contribution in [0.15, 0.2) is 0 Å². The second-order valence-corrected chi connectivity index (χ2v) is 5.56. The highest BCUT2D eigenvalue weighted by molar-refractivity contribution is 9.09. The van der Waals surface area contributed by atoms with Gasteiger partial charge in [0.15, 0.2) is 0 Å². The van der Waals surface area contributed by atoms with Crippen molar-refractivity contribution < 1.29 is 4.79 Å². The van der Waals surface area contributed by atoms with Crippen molar-refractivity contribution in [3.8, 4) is 0 Å². The molecule has 0 aromatic rings. The van der Waals surface area contributed by atoms with Gasteiger partial charge in [0.2, 0.25) is 0 Å². The molecule has 1 nitrogen and oxygen atoms in total. The Morgan fingerprint density at radius 2 is 1.93 bits per heavy atom. The van der Waals surface area contributed by atoms with E-state index >= 15 is 0 Å². The summed E-state index contributed by atoms with van der Waals surface area (Å²) in [5, 5.41) is 0.835. The second-order valence-electron chi connectivity index (χ2n) is 4.77. The van der Waals surface area contributed by atoms with Crippen LogP contribution in [-0.4, -0.2) is 11.1 Å². The predicted molar refractivity (Wildman–Crippen MR) is 68.4 cm³/mol. The third kappa shape index (κ3) is 4.67. The molecule has 15 heavy (non-hydrogen) atoms. The van der Waals surface area contributed by atoms with E-state index in [-0.39, 0.29) is 0 Å². The van der Waals surface area contributed by atoms with Crippen LogP contribution in [-0.2, 0) is 4.79 Å². The molecule has 0 saturated heterocycles. The molecule has 88 valence electrons. The minimum Gasteiger partial charge on any atom is -0.299 e. The Hall–Kier alpha value is 0.150. The molecule has 0 spiro atoms. The Balaban J connectivity index is 2.20. The quantitative estimate of drug-likeness (QED) is 0.659. The lowest BCUT2D eigenvalue weighted by Gasteiger charge is -2.27. The fraction of sp³-hybridized carbons (Fsp3) is 0.923. The molecule has 0 atom stereocenters. The summed E-state index contributed by atoms with van der Waals surface area (Å²) in [6.45, 7) is 2.26. The third-order valence-corrected chi connectivity index (χ3v) is 4.01. The monoisotopic (exact) mass is 274 g/mol. The summed E-state index contributed by atoms with van der Waals surface area (Å²) in [6.07, 6.45) is 9.67. The van der Waals surface area contributed by atoms with Gasteiger partial charge in [-0.2, -0.15) is 0 Å². The van der Waals surface area contributed by atoms with E-state index in [0.29, 0.717) is 11.7 Å². The lowest BCUT2D eigenvalue weighted by molar-refractivity contribution is -0.123. The number of ketones is 1. The van der Waals surface area contributed by atoms with Crippen LogP contribution in [0, 0.1) is 11.8 Å². The number of carbonyl (C=O) groups is 1. The molecule has 1 aliphatic rings. The molecule has 0 aliphatic heterocycles. The van der Waals surface area contributed by atoms with E-state index in [1.165, 1.54) is 32.1 Å². The van der Waals surface area contributed by atoms with Gasteiger partial charge in [-0.3, -0.25) is 4.79 Å². The normalized spacial score (nSPS) is 26.5. The van der Waals surface area contributed by atoms with Gasteiger partial charge in [0, 0.05) is 17.7 Å². The molecule has 1 fully saturated rings. The smallest absolute Gasteiger partial charge is 0.136 e. The minimum atomic E-state index is 0.389. The predicted octanol–water partition coefficient (Wildman–Crippen LogP) is 4.34. The number of Topliss-reactive ketones (excluding diaryl/α,β-unsaturated/α-hetero) is 1. The molecule has 0 aromatic heterocycles. The summed E-state index contributed by atoms with van der Waals surface area (Å²) in [5.74, 6) is 1.79. The highest BCUT2D eigenvalue weighted by Gasteiger charge is 2.24. The van der Waals surface area contributed by atoms with E-state index in [4.69, 9.17) is 0 Å². The molecule has 1 rings (SSSR count). The molecule has 0 amide bonds. The first-order valence-corrected chi connectivity index (χ1v) is 7.48. The van der Waals surface area contributed by atoms with E-state index in [9.17, 15) is 4.79 Å². The van der Waals surface area contributed by atoms with Gasteiger partial charge in [0.05, 0.1) is 0 Å². The average Bonchev–Trinajstić information content (AvgIpc) is 2.27. The van der Waals surface area contributed by atoms with Crippen molar-refractivity contribution in [2.75, 3.05) is 5.33 Å². The maximum Gasteiger partial charge on any atom is 0.136 e. The number of unbranched alkanes of at least 4 members (excludes halogenated alkanes) is 1. The van der Waals surface area contributed by atoms with E-state index in [0.717, 1.165) is 30.5 Å². The number of halogens is 1. The van der Waals surface area contributed by atoms with Gasteiger partial charge < -0.3 is 0 Å². The number of carbonyl (C=O) groups excluding carboxylic acids is 1. The van der Waals surface area contributed by atoms with Crippen LogP contribution in [0.25, 0.3) is 0 Å². The molecule has 1 aliphatic carbocycles. The van der Waals surface area contributed by atoms with Crippen LogP contribution in [0.3, 0.4) is 0 Å². The third-order valence-electron chi connectivity index (χ3n) is 3.61. The molecular formula is C13H23BrO. The number of rotatable bonds is 6. The molecule has 0 unspecified atom stereocenters. The summed E-state index contributed by atoms with van der Waals surface area (Å²) < 4.78 is 0. The van der Waals surface area contributed by atoms with Crippen molar-refractivity contribution >= 4 is 21.7 Å². The average molecular weight is 275 g/mol. The summed E-state index contributed by atoms with van der Waals surface area (Å²) in [7, 11) is 0. The summed E-state index contributed by atoms with van der Waals surface area (Å²) >= 11 is 3.34. The first-order chi connectivity index (χ1) is 7.27. The zero-order chi connectivity index (χ0) is 11.1. The van der Waals surface area contributed by atoms with E-state index in [2.05, 4.69) is 22.9 Å². The molecule has 0 radical (unpaired) electrons. The van der Waals surface area contributed by atoms with Crippen LogP contribution in [0.5, 0.6) is 0 Å². The molecule has 0 aromatic carbocycles. The Labute approximate surface area is 102 Å². The van der Waals surface area contributed by atoms with Crippen LogP contribution in [0.4, 0.5) is 0 Å². The molecule has 0 bridgehead atoms. The molecule has 1 saturated carbocycles. The van der Waals surface area contributed by atoms with Crippen molar-refractivity contribution in [3.63, 3.8) is 0 Å². The Morgan fingerprint density at radius 3 is 2.47 bits per heavy atom. The molecule has 2 heteroatoms. The van der Waals surface area contributed by atoms with Crippen LogP contribution in [0.1, 0.15) is 58.3 Å². The van der Waals surface area contributed by atoms with Crippen molar-refractivity contribution in [1.82, 2.24) is 0 Å². The SMILES string of the molecule is CCCCC1CCC(C(=O)CCBr)CC1. The fourth-order valence-electron chi connectivity index (χ4n) is 2.56. The topological polar surface area (TPSA) is 17.1 Å². The van der Waals surface area contributed by atoms with Crippen molar-refractivity contribution in [1.29, 1.82) is 0 Å². The molecule has 0 N–H and O–H groups in total. The summed E-state index contributed by atoms with van der Waals surface area (Å²) in [6, 6.07) is 0. The maximum absolute atomic E-state index is 11.7. The van der Waals surface area contributed by atoms with Crippen molar-refractivity contribution in [3.05, 3.63) is 0 Å². The van der Waals surface area contributed by atoms with Gasteiger partial charge >= 0.3 is 0 Å². The van der Waals surface area contributed by atoms with Gasteiger partial charge in [-0.05, 0) is 31.6 Å². The summed E-state index contributed by atoms with van der Waals surface area (Å²) in [5.41, 5.74) is 0. The van der Waals surface area contributed by atoms with Crippen molar-refractivity contribution in [2.45, 2.75) is 58.3 Å². The largest absolute Gasteiger partial charge is 0.299 e. The van der Waals surface area contributed by atoms with E-state index < -0.39 is 0 Å². The van der Waals surface area contributed by atoms with Gasteiger partial charge in [-0.25, -0.2) is 0 Å². The Morgan fingerprint density at radius 1 is 1.27 bits per heavy atom.